The minimum Gasteiger partial charge on any atom is -0.489 e. The molecule has 2 heteroatoms. The molecule has 0 spiro atoms. The number of hydrogen-bond acceptors (Lipinski definition) is 2. The molecule has 1 saturated heterocycles. The van der Waals surface area contributed by atoms with Crippen LogP contribution in [-0.2, 0) is 13.0 Å². The maximum absolute atomic E-state index is 6.26. The van der Waals surface area contributed by atoms with Crippen molar-refractivity contribution in [1.29, 1.82) is 0 Å². The number of benzene rings is 3. The molecule has 0 radical (unpaired) electrons. The zero-order valence-corrected chi connectivity index (χ0v) is 15.3. The smallest absolute Gasteiger partial charge is 0.123 e. The van der Waals surface area contributed by atoms with Gasteiger partial charge in [-0.3, -0.25) is 0 Å². The summed E-state index contributed by atoms with van der Waals surface area (Å²) >= 11 is 0. The molecule has 2 nitrogen and oxygen atoms in total. The van der Waals surface area contributed by atoms with E-state index in [1.165, 1.54) is 41.2 Å². The second kappa shape index (κ2) is 8.37. The van der Waals surface area contributed by atoms with E-state index in [1.807, 2.05) is 6.07 Å². The summed E-state index contributed by atoms with van der Waals surface area (Å²) in [4.78, 5) is 0. The molecule has 0 atom stereocenters. The van der Waals surface area contributed by atoms with Gasteiger partial charge in [-0.25, -0.2) is 0 Å². The predicted octanol–water partition coefficient (Wildman–Crippen LogP) is 5.35. The lowest BCUT2D eigenvalue weighted by Crippen LogP contribution is -2.27. The summed E-state index contributed by atoms with van der Waals surface area (Å²) in [6.45, 7) is 2.95. The van der Waals surface area contributed by atoms with E-state index in [2.05, 4.69) is 66.0 Å². The van der Waals surface area contributed by atoms with Crippen molar-refractivity contribution in [3.63, 3.8) is 0 Å². The van der Waals surface area contributed by atoms with Crippen LogP contribution in [0.5, 0.6) is 5.75 Å². The molecule has 1 heterocycles. The first-order valence-electron chi connectivity index (χ1n) is 9.78. The van der Waals surface area contributed by atoms with E-state index in [0.717, 1.165) is 31.2 Å². The molecule has 0 saturated carbocycles. The summed E-state index contributed by atoms with van der Waals surface area (Å²) in [7, 11) is 0. The van der Waals surface area contributed by atoms with Crippen LogP contribution >= 0.6 is 0 Å². The Morgan fingerprint density at radius 3 is 2.46 bits per heavy atom. The van der Waals surface area contributed by atoms with E-state index in [1.54, 1.807) is 0 Å². The van der Waals surface area contributed by atoms with Crippen molar-refractivity contribution in [3.8, 4) is 5.75 Å². The van der Waals surface area contributed by atoms with Gasteiger partial charge in [0, 0.05) is 5.56 Å². The van der Waals surface area contributed by atoms with Crippen LogP contribution in [0.3, 0.4) is 0 Å². The number of rotatable bonds is 6. The summed E-state index contributed by atoms with van der Waals surface area (Å²) in [6.07, 6.45) is 4.93. The average Bonchev–Trinajstić information content (AvgIpc) is 2.72. The number of fused-ring (bicyclic) bond motifs is 1. The molecule has 1 aliphatic heterocycles. The first kappa shape index (κ1) is 17.1. The number of hydrogen-bond donors (Lipinski definition) is 1. The molecule has 0 unspecified atom stereocenters. The van der Waals surface area contributed by atoms with E-state index in [4.69, 9.17) is 4.74 Å². The third kappa shape index (κ3) is 4.08. The third-order valence-corrected chi connectivity index (χ3v) is 5.50. The summed E-state index contributed by atoms with van der Waals surface area (Å²) < 4.78 is 6.26. The van der Waals surface area contributed by atoms with Crippen LogP contribution in [0.25, 0.3) is 10.8 Å². The van der Waals surface area contributed by atoms with Crippen LogP contribution in [0.1, 0.15) is 30.4 Å². The van der Waals surface area contributed by atoms with Gasteiger partial charge in [-0.15, -0.1) is 0 Å². The Labute approximate surface area is 156 Å². The van der Waals surface area contributed by atoms with Crippen LogP contribution < -0.4 is 10.1 Å². The van der Waals surface area contributed by atoms with E-state index in [9.17, 15) is 0 Å². The second-order valence-electron chi connectivity index (χ2n) is 7.27. The highest BCUT2D eigenvalue weighted by Gasteiger charge is 2.15. The molecule has 0 aromatic heterocycles. The molecule has 3 aromatic rings. The van der Waals surface area contributed by atoms with Crippen LogP contribution in [0.4, 0.5) is 0 Å². The lowest BCUT2D eigenvalue weighted by Gasteiger charge is -2.23. The van der Waals surface area contributed by atoms with Crippen molar-refractivity contribution in [1.82, 2.24) is 5.32 Å². The summed E-state index contributed by atoms with van der Waals surface area (Å²) in [5, 5.41) is 6.11. The molecule has 4 rings (SSSR count). The van der Waals surface area contributed by atoms with Gasteiger partial charge in [-0.05, 0) is 67.1 Å². The molecular weight excluding hydrogens is 318 g/mol. The molecule has 1 N–H and O–H groups in total. The molecule has 26 heavy (non-hydrogen) atoms. The first-order chi connectivity index (χ1) is 12.9. The largest absolute Gasteiger partial charge is 0.489 e. The minimum absolute atomic E-state index is 0.625. The maximum atomic E-state index is 6.26. The third-order valence-electron chi connectivity index (χ3n) is 5.50. The molecule has 3 aromatic carbocycles. The topological polar surface area (TPSA) is 21.3 Å². The number of aryl methyl sites for hydroxylation is 1. The van der Waals surface area contributed by atoms with Gasteiger partial charge < -0.3 is 10.1 Å². The Bertz CT molecular complexity index is 837. The van der Waals surface area contributed by atoms with Gasteiger partial charge in [0.25, 0.3) is 0 Å². The van der Waals surface area contributed by atoms with Gasteiger partial charge in [0.15, 0.2) is 0 Å². The highest BCUT2D eigenvalue weighted by molar-refractivity contribution is 5.87. The monoisotopic (exact) mass is 345 g/mol. The summed E-state index contributed by atoms with van der Waals surface area (Å²) in [5.74, 6) is 1.87. The Morgan fingerprint density at radius 1 is 0.846 bits per heavy atom. The van der Waals surface area contributed by atoms with E-state index in [-0.39, 0.29) is 0 Å². The van der Waals surface area contributed by atoms with Crippen molar-refractivity contribution >= 4 is 10.8 Å². The predicted molar refractivity (Wildman–Crippen MR) is 109 cm³/mol. The van der Waals surface area contributed by atoms with Crippen molar-refractivity contribution in [2.24, 2.45) is 5.92 Å². The van der Waals surface area contributed by atoms with Crippen LogP contribution in [0.2, 0.25) is 0 Å². The van der Waals surface area contributed by atoms with E-state index < -0.39 is 0 Å². The van der Waals surface area contributed by atoms with Crippen molar-refractivity contribution < 1.29 is 4.74 Å². The van der Waals surface area contributed by atoms with E-state index in [0.29, 0.717) is 6.61 Å². The number of nitrogens with one attached hydrogen (secondary N) is 1. The SMILES string of the molecule is c1ccc(COc2ccc3ccccc3c2CCC2CCNCC2)cc1. The number of piperidine rings is 1. The standard InChI is InChI=1S/C24H27NO/c1-2-6-20(7-3-1)18-26-24-13-11-21-8-4-5-9-22(21)23(24)12-10-19-14-16-25-17-15-19/h1-9,11,13,19,25H,10,12,14-18H2. The van der Waals surface area contributed by atoms with Crippen LogP contribution in [0, 0.1) is 5.92 Å². The van der Waals surface area contributed by atoms with Gasteiger partial charge in [-0.2, -0.15) is 0 Å². The fourth-order valence-corrected chi connectivity index (χ4v) is 3.96. The Kier molecular flexibility index (Phi) is 5.51. The van der Waals surface area contributed by atoms with Gasteiger partial charge in [0.1, 0.15) is 12.4 Å². The molecule has 1 aliphatic rings. The highest BCUT2D eigenvalue weighted by atomic mass is 16.5. The van der Waals surface area contributed by atoms with Gasteiger partial charge in [-0.1, -0.05) is 60.7 Å². The highest BCUT2D eigenvalue weighted by Crippen LogP contribution is 2.31. The second-order valence-corrected chi connectivity index (χ2v) is 7.27. The zero-order chi connectivity index (χ0) is 17.6. The van der Waals surface area contributed by atoms with E-state index >= 15 is 0 Å². The summed E-state index contributed by atoms with van der Waals surface area (Å²) in [5.41, 5.74) is 2.59. The fourth-order valence-electron chi connectivity index (χ4n) is 3.96. The van der Waals surface area contributed by atoms with Gasteiger partial charge in [0.05, 0.1) is 0 Å². The average molecular weight is 345 g/mol. The van der Waals surface area contributed by atoms with Crippen molar-refractivity contribution in [3.05, 3.63) is 77.9 Å². The molecular formula is C24H27NO. The molecule has 0 amide bonds. The first-order valence-corrected chi connectivity index (χ1v) is 9.78. The van der Waals surface area contributed by atoms with Gasteiger partial charge in [0.2, 0.25) is 0 Å². The quantitative estimate of drug-likeness (QED) is 0.650. The number of ether oxygens (including phenoxy) is 1. The van der Waals surface area contributed by atoms with Crippen LogP contribution in [-0.4, -0.2) is 13.1 Å². The van der Waals surface area contributed by atoms with Crippen molar-refractivity contribution in [2.75, 3.05) is 13.1 Å². The molecule has 0 bridgehead atoms. The van der Waals surface area contributed by atoms with Gasteiger partial charge >= 0.3 is 0 Å². The normalized spacial score (nSPS) is 15.2. The Morgan fingerprint density at radius 2 is 1.62 bits per heavy atom. The Balaban J connectivity index is 1.56. The lowest BCUT2D eigenvalue weighted by atomic mass is 9.89. The van der Waals surface area contributed by atoms with Crippen molar-refractivity contribution in [2.45, 2.75) is 32.3 Å². The summed E-state index contributed by atoms with van der Waals surface area (Å²) in [6, 6.07) is 23.4. The zero-order valence-electron chi connectivity index (χ0n) is 15.3. The Hall–Kier alpha value is -2.32. The lowest BCUT2D eigenvalue weighted by molar-refractivity contribution is 0.300. The minimum atomic E-state index is 0.625. The molecule has 0 aliphatic carbocycles. The maximum Gasteiger partial charge on any atom is 0.123 e. The van der Waals surface area contributed by atoms with Crippen LogP contribution in [0.15, 0.2) is 66.7 Å². The molecule has 134 valence electrons. The fraction of sp³-hybridized carbons (Fsp3) is 0.333. The molecule has 1 fully saturated rings.